The lowest BCUT2D eigenvalue weighted by Gasteiger charge is -2.35. The molecule has 0 bridgehead atoms. The van der Waals surface area contributed by atoms with E-state index in [1.54, 1.807) is 16.8 Å². The molecule has 2 aliphatic heterocycles. The van der Waals surface area contributed by atoms with Crippen molar-refractivity contribution in [2.45, 2.75) is 6.04 Å². The monoisotopic (exact) mass is 227 g/mol. The van der Waals surface area contributed by atoms with Crippen LogP contribution in [-0.4, -0.2) is 74.1 Å². The van der Waals surface area contributed by atoms with Gasteiger partial charge in [0.1, 0.15) is 6.04 Å². The van der Waals surface area contributed by atoms with E-state index in [1.807, 2.05) is 0 Å². The molecule has 0 aliphatic carbocycles. The van der Waals surface area contributed by atoms with Crippen molar-refractivity contribution in [3.05, 3.63) is 0 Å². The van der Waals surface area contributed by atoms with Gasteiger partial charge in [-0.25, -0.2) is 0 Å². The molecule has 2 saturated heterocycles. The molecule has 6 nitrogen and oxygen atoms in total. The second-order valence-electron chi connectivity index (χ2n) is 4.16. The van der Waals surface area contributed by atoms with Gasteiger partial charge in [-0.05, 0) is 0 Å². The molecule has 0 aromatic rings. The first-order valence-electron chi connectivity index (χ1n) is 5.52. The summed E-state index contributed by atoms with van der Waals surface area (Å²) in [6, 6.07) is -0.287. The molecule has 0 spiro atoms. The number of carbonyl (C=O) groups excluding carboxylic acids is 2. The van der Waals surface area contributed by atoms with E-state index in [-0.39, 0.29) is 24.4 Å². The average molecular weight is 227 g/mol. The van der Waals surface area contributed by atoms with E-state index in [9.17, 15) is 9.59 Å². The van der Waals surface area contributed by atoms with Crippen LogP contribution in [0.5, 0.6) is 0 Å². The average Bonchev–Trinajstić information content (AvgIpc) is 2.33. The van der Waals surface area contributed by atoms with Crippen LogP contribution in [0.3, 0.4) is 0 Å². The molecule has 2 aliphatic rings. The minimum Gasteiger partial charge on any atom is -0.378 e. The normalized spacial score (nSPS) is 27.1. The Morgan fingerprint density at radius 2 is 2.31 bits per heavy atom. The molecule has 0 saturated carbocycles. The summed E-state index contributed by atoms with van der Waals surface area (Å²) in [5.41, 5.74) is 0. The Balaban J connectivity index is 1.91. The quantitative estimate of drug-likeness (QED) is 0.578. The second-order valence-corrected chi connectivity index (χ2v) is 4.16. The van der Waals surface area contributed by atoms with Crippen LogP contribution >= 0.6 is 0 Å². The lowest BCUT2D eigenvalue weighted by molar-refractivity contribution is -0.147. The molecular weight excluding hydrogens is 210 g/mol. The van der Waals surface area contributed by atoms with E-state index in [0.717, 1.165) is 0 Å². The Hall–Kier alpha value is -1.14. The minimum atomic E-state index is -0.287. The van der Waals surface area contributed by atoms with Gasteiger partial charge in [0.2, 0.25) is 11.8 Å². The van der Waals surface area contributed by atoms with Crippen molar-refractivity contribution in [2.24, 2.45) is 0 Å². The van der Waals surface area contributed by atoms with Crippen LogP contribution in [0.15, 0.2) is 0 Å². The van der Waals surface area contributed by atoms with E-state index in [1.165, 1.54) is 0 Å². The Morgan fingerprint density at radius 3 is 2.94 bits per heavy atom. The maximum atomic E-state index is 12.0. The molecule has 6 heteroatoms. The molecule has 1 N–H and O–H groups in total. The van der Waals surface area contributed by atoms with Gasteiger partial charge in [-0.3, -0.25) is 9.59 Å². The van der Waals surface area contributed by atoms with Gasteiger partial charge in [-0.2, -0.15) is 0 Å². The number of carbonyl (C=O) groups is 2. The van der Waals surface area contributed by atoms with Gasteiger partial charge in [0.25, 0.3) is 0 Å². The number of nitrogens with one attached hydrogen (secondary N) is 1. The van der Waals surface area contributed by atoms with E-state index >= 15 is 0 Å². The molecule has 0 aromatic carbocycles. The fourth-order valence-electron chi connectivity index (χ4n) is 1.89. The molecule has 90 valence electrons. The van der Waals surface area contributed by atoms with Gasteiger partial charge >= 0.3 is 0 Å². The summed E-state index contributed by atoms with van der Waals surface area (Å²) in [6.45, 7) is 3.15. The highest BCUT2D eigenvalue weighted by Crippen LogP contribution is 2.05. The van der Waals surface area contributed by atoms with Gasteiger partial charge in [0.15, 0.2) is 0 Å². The topological polar surface area (TPSA) is 61.9 Å². The zero-order chi connectivity index (χ0) is 11.5. The van der Waals surface area contributed by atoms with E-state index < -0.39 is 0 Å². The van der Waals surface area contributed by atoms with Gasteiger partial charge in [0, 0.05) is 26.7 Å². The Morgan fingerprint density at radius 1 is 1.50 bits per heavy atom. The number of nitrogens with zero attached hydrogens (tertiary/aromatic N) is 2. The highest BCUT2D eigenvalue weighted by molar-refractivity contribution is 5.88. The lowest BCUT2D eigenvalue weighted by Crippen LogP contribution is -2.58. The first kappa shape index (κ1) is 11.3. The summed E-state index contributed by atoms with van der Waals surface area (Å²) in [6.07, 6.45) is 0. The predicted octanol–water partition coefficient (Wildman–Crippen LogP) is -1.72. The first-order chi connectivity index (χ1) is 7.68. The van der Waals surface area contributed by atoms with Crippen LogP contribution < -0.4 is 5.32 Å². The number of rotatable bonds is 1. The third-order valence-corrected chi connectivity index (χ3v) is 2.99. The van der Waals surface area contributed by atoms with E-state index in [2.05, 4.69) is 5.32 Å². The van der Waals surface area contributed by atoms with Crippen molar-refractivity contribution in [2.75, 3.05) is 46.4 Å². The second kappa shape index (κ2) is 4.80. The third-order valence-electron chi connectivity index (χ3n) is 2.99. The van der Waals surface area contributed by atoms with Crippen LogP contribution in [-0.2, 0) is 14.3 Å². The van der Waals surface area contributed by atoms with Gasteiger partial charge in [-0.1, -0.05) is 0 Å². The van der Waals surface area contributed by atoms with Crippen molar-refractivity contribution < 1.29 is 14.3 Å². The number of likely N-dealkylation sites (N-methyl/N-ethyl adjacent to an activating group) is 1. The number of amides is 2. The van der Waals surface area contributed by atoms with Crippen LogP contribution in [0.2, 0.25) is 0 Å². The summed E-state index contributed by atoms with van der Waals surface area (Å²) >= 11 is 0. The fraction of sp³-hybridized carbons (Fsp3) is 0.800. The summed E-state index contributed by atoms with van der Waals surface area (Å²) in [4.78, 5) is 26.7. The molecule has 16 heavy (non-hydrogen) atoms. The molecule has 1 atom stereocenters. The van der Waals surface area contributed by atoms with Crippen LogP contribution in [0.1, 0.15) is 0 Å². The van der Waals surface area contributed by atoms with Gasteiger partial charge in [-0.15, -0.1) is 0 Å². The van der Waals surface area contributed by atoms with E-state index in [4.69, 9.17) is 4.74 Å². The summed E-state index contributed by atoms with van der Waals surface area (Å²) < 4.78 is 5.24. The van der Waals surface area contributed by atoms with Gasteiger partial charge < -0.3 is 19.9 Å². The van der Waals surface area contributed by atoms with Crippen molar-refractivity contribution >= 4 is 11.8 Å². The van der Waals surface area contributed by atoms with Crippen LogP contribution in [0.4, 0.5) is 0 Å². The molecule has 2 rings (SSSR count). The highest BCUT2D eigenvalue weighted by atomic mass is 16.5. The molecule has 2 fully saturated rings. The zero-order valence-corrected chi connectivity index (χ0v) is 9.44. The number of piperazine rings is 1. The molecule has 0 aromatic heterocycles. The number of hydrogen-bond donors (Lipinski definition) is 1. The molecule has 2 amide bonds. The van der Waals surface area contributed by atoms with Crippen molar-refractivity contribution in [1.82, 2.24) is 15.1 Å². The standard InChI is InChI=1S/C10H17N3O3/c1-12-3-4-13(6-9(12)14)10(15)8-7-16-5-2-11-8/h8,11H,2-7H2,1H3. The van der Waals surface area contributed by atoms with Crippen molar-refractivity contribution in [3.63, 3.8) is 0 Å². The summed E-state index contributed by atoms with van der Waals surface area (Å²) in [5, 5.41) is 3.10. The summed E-state index contributed by atoms with van der Waals surface area (Å²) in [5.74, 6) is -0.0301. The number of ether oxygens (including phenoxy) is 1. The van der Waals surface area contributed by atoms with Crippen molar-refractivity contribution in [3.8, 4) is 0 Å². The Labute approximate surface area is 94.5 Å². The van der Waals surface area contributed by atoms with Gasteiger partial charge in [0.05, 0.1) is 19.8 Å². The maximum Gasteiger partial charge on any atom is 0.242 e. The molecular formula is C10H17N3O3. The van der Waals surface area contributed by atoms with Crippen LogP contribution in [0.25, 0.3) is 0 Å². The number of hydrogen-bond acceptors (Lipinski definition) is 4. The number of morpholine rings is 1. The largest absolute Gasteiger partial charge is 0.378 e. The fourth-order valence-corrected chi connectivity index (χ4v) is 1.89. The third kappa shape index (κ3) is 2.33. The maximum absolute atomic E-state index is 12.0. The smallest absolute Gasteiger partial charge is 0.242 e. The van der Waals surface area contributed by atoms with Crippen molar-refractivity contribution in [1.29, 1.82) is 0 Å². The SMILES string of the molecule is CN1CCN(C(=O)C2COCCN2)CC1=O. The predicted molar refractivity (Wildman–Crippen MR) is 56.8 cm³/mol. The Kier molecular flexibility index (Phi) is 3.40. The first-order valence-corrected chi connectivity index (χ1v) is 5.52. The zero-order valence-electron chi connectivity index (χ0n) is 9.44. The van der Waals surface area contributed by atoms with Crippen LogP contribution in [0, 0.1) is 0 Å². The molecule has 2 heterocycles. The van der Waals surface area contributed by atoms with E-state index in [0.29, 0.717) is 32.8 Å². The lowest BCUT2D eigenvalue weighted by atomic mass is 10.2. The minimum absolute atomic E-state index is 0.00340. The molecule has 1 unspecified atom stereocenters. The molecule has 0 radical (unpaired) electrons. The Bertz CT molecular complexity index is 289. The summed E-state index contributed by atoms with van der Waals surface area (Å²) in [7, 11) is 1.76. The highest BCUT2D eigenvalue weighted by Gasteiger charge is 2.30.